The molecule has 0 aliphatic heterocycles. The van der Waals surface area contributed by atoms with Gasteiger partial charge in [-0.3, -0.25) is 4.79 Å². The molecule has 1 aromatic carbocycles. The minimum Gasteiger partial charge on any atom is -0.495 e. The molecule has 1 aromatic rings. The van der Waals surface area contributed by atoms with E-state index in [0.29, 0.717) is 11.3 Å². The highest BCUT2D eigenvalue weighted by atomic mass is 79.9. The fraction of sp³-hybridized carbons (Fsp3) is 0.300. The molecule has 0 aliphatic carbocycles. The Bertz CT molecular complexity index is 379. The van der Waals surface area contributed by atoms with Crippen molar-refractivity contribution in [3.8, 4) is 5.75 Å². The van der Waals surface area contributed by atoms with Gasteiger partial charge < -0.3 is 9.84 Å². The molecule has 0 fully saturated rings. The monoisotopic (exact) mass is 276 g/mol. The third kappa shape index (κ3) is 3.20. The third-order valence-corrected chi connectivity index (χ3v) is 2.67. The van der Waals surface area contributed by atoms with Crippen LogP contribution in [-0.2, 0) is 11.2 Å². The van der Waals surface area contributed by atoms with Gasteiger partial charge in [-0.1, -0.05) is 0 Å². The van der Waals surface area contributed by atoms with Gasteiger partial charge in [0, 0.05) is 6.42 Å². The lowest BCUT2D eigenvalue weighted by Crippen LogP contribution is -1.99. The summed E-state index contributed by atoms with van der Waals surface area (Å²) in [4.78, 5) is 10.3. The van der Waals surface area contributed by atoms with Gasteiger partial charge in [0.05, 0.1) is 11.6 Å². The zero-order valence-corrected chi connectivity index (χ0v) is 9.67. The minimum atomic E-state index is -0.905. The molecule has 0 aromatic heterocycles. The molecule has 0 atom stereocenters. The fourth-order valence-electron chi connectivity index (χ4n) is 1.16. The maximum absolute atomic E-state index is 13.3. The van der Waals surface area contributed by atoms with Crippen molar-refractivity contribution in [1.29, 1.82) is 0 Å². The number of hydrogen-bond acceptors (Lipinski definition) is 2. The number of benzene rings is 1. The molecule has 3 nitrogen and oxygen atoms in total. The summed E-state index contributed by atoms with van der Waals surface area (Å²) in [5.41, 5.74) is 0.606. The number of ether oxygens (including phenoxy) is 1. The predicted octanol–water partition coefficient (Wildman–Crippen LogP) is 2.61. The van der Waals surface area contributed by atoms with Gasteiger partial charge in [-0.2, -0.15) is 0 Å². The first-order chi connectivity index (χ1) is 7.04. The summed E-state index contributed by atoms with van der Waals surface area (Å²) >= 11 is 3.04. The number of methoxy groups -OCH3 is 1. The van der Waals surface area contributed by atoms with Gasteiger partial charge in [0.1, 0.15) is 11.6 Å². The van der Waals surface area contributed by atoms with Crippen molar-refractivity contribution in [3.05, 3.63) is 28.0 Å². The van der Waals surface area contributed by atoms with Crippen molar-refractivity contribution >= 4 is 21.9 Å². The zero-order chi connectivity index (χ0) is 11.4. The quantitative estimate of drug-likeness (QED) is 0.920. The molecule has 0 spiro atoms. The van der Waals surface area contributed by atoms with Crippen LogP contribution in [0.25, 0.3) is 0 Å². The molecule has 5 heteroatoms. The molecule has 1 rings (SSSR count). The van der Waals surface area contributed by atoms with Gasteiger partial charge in [-0.15, -0.1) is 0 Å². The first kappa shape index (κ1) is 12.0. The first-order valence-electron chi connectivity index (χ1n) is 4.28. The summed E-state index contributed by atoms with van der Waals surface area (Å²) in [6.07, 6.45) is 0.264. The van der Waals surface area contributed by atoms with Gasteiger partial charge >= 0.3 is 5.97 Å². The van der Waals surface area contributed by atoms with Crippen molar-refractivity contribution in [1.82, 2.24) is 0 Å². The van der Waals surface area contributed by atoms with E-state index in [2.05, 4.69) is 15.9 Å². The van der Waals surface area contributed by atoms with Gasteiger partial charge in [0.15, 0.2) is 0 Å². The van der Waals surface area contributed by atoms with Crippen LogP contribution in [0, 0.1) is 5.82 Å². The van der Waals surface area contributed by atoms with E-state index < -0.39 is 11.8 Å². The second-order valence-electron chi connectivity index (χ2n) is 2.99. The second kappa shape index (κ2) is 5.11. The van der Waals surface area contributed by atoms with E-state index in [9.17, 15) is 9.18 Å². The average Bonchev–Trinajstić information content (AvgIpc) is 2.19. The Labute approximate surface area is 95.0 Å². The second-order valence-corrected chi connectivity index (χ2v) is 3.78. The third-order valence-electron chi connectivity index (χ3n) is 1.90. The van der Waals surface area contributed by atoms with E-state index >= 15 is 0 Å². The topological polar surface area (TPSA) is 46.5 Å². The standard InChI is InChI=1S/C10H10BrFO3/c1-15-8-5-6(2-3-9(13)14)4-7(12)10(8)11/h4-5H,2-3H2,1H3,(H,13,14). The van der Waals surface area contributed by atoms with Crippen molar-refractivity contribution in [2.75, 3.05) is 7.11 Å². The zero-order valence-electron chi connectivity index (χ0n) is 8.09. The van der Waals surface area contributed by atoms with Crippen molar-refractivity contribution in [3.63, 3.8) is 0 Å². The summed E-state index contributed by atoms with van der Waals surface area (Å²) in [6, 6.07) is 2.92. The number of carbonyl (C=O) groups is 1. The summed E-state index contributed by atoms with van der Waals surface area (Å²) in [6.45, 7) is 0. The lowest BCUT2D eigenvalue weighted by molar-refractivity contribution is -0.136. The Balaban J connectivity index is 2.90. The van der Waals surface area contributed by atoms with Crippen LogP contribution in [0.2, 0.25) is 0 Å². The molecule has 0 heterocycles. The molecule has 0 radical (unpaired) electrons. The fourth-order valence-corrected chi connectivity index (χ4v) is 1.55. The molecule has 0 amide bonds. The molecule has 1 N–H and O–H groups in total. The van der Waals surface area contributed by atoms with Crippen LogP contribution in [0.15, 0.2) is 16.6 Å². The highest BCUT2D eigenvalue weighted by molar-refractivity contribution is 9.10. The Morgan fingerprint density at radius 1 is 1.60 bits per heavy atom. The van der Waals surface area contributed by atoms with E-state index in [1.807, 2.05) is 0 Å². The molecule has 15 heavy (non-hydrogen) atoms. The number of carboxylic acids is 1. The predicted molar refractivity (Wildman–Crippen MR) is 56.6 cm³/mol. The van der Waals surface area contributed by atoms with E-state index in [4.69, 9.17) is 9.84 Å². The van der Waals surface area contributed by atoms with E-state index in [-0.39, 0.29) is 17.3 Å². The molecular formula is C10H10BrFO3. The van der Waals surface area contributed by atoms with Crippen LogP contribution in [-0.4, -0.2) is 18.2 Å². The van der Waals surface area contributed by atoms with Gasteiger partial charge in [0.25, 0.3) is 0 Å². The van der Waals surface area contributed by atoms with Crippen LogP contribution in [0.5, 0.6) is 5.75 Å². The summed E-state index contributed by atoms with van der Waals surface area (Å²) in [7, 11) is 1.43. The Morgan fingerprint density at radius 2 is 2.27 bits per heavy atom. The van der Waals surface area contributed by atoms with Crippen molar-refractivity contribution in [2.45, 2.75) is 12.8 Å². The van der Waals surface area contributed by atoms with Gasteiger partial charge in [0.2, 0.25) is 0 Å². The summed E-state index contributed by atoms with van der Waals surface area (Å²) in [5, 5.41) is 8.49. The Kier molecular flexibility index (Phi) is 4.08. The Morgan fingerprint density at radius 3 is 2.80 bits per heavy atom. The van der Waals surface area contributed by atoms with E-state index in [1.54, 1.807) is 6.07 Å². The molecule has 82 valence electrons. The number of halogens is 2. The highest BCUT2D eigenvalue weighted by Gasteiger charge is 2.09. The summed E-state index contributed by atoms with van der Waals surface area (Å²) < 4.78 is 18.5. The average molecular weight is 277 g/mol. The number of aryl methyl sites for hydroxylation is 1. The number of aliphatic carboxylic acids is 1. The first-order valence-corrected chi connectivity index (χ1v) is 5.07. The molecule has 0 saturated carbocycles. The highest BCUT2D eigenvalue weighted by Crippen LogP contribution is 2.29. The molecule has 0 bridgehead atoms. The maximum Gasteiger partial charge on any atom is 0.303 e. The maximum atomic E-state index is 13.3. The van der Waals surface area contributed by atoms with Crippen LogP contribution in [0.1, 0.15) is 12.0 Å². The minimum absolute atomic E-state index is 0.0236. The lowest BCUT2D eigenvalue weighted by atomic mass is 10.1. The van der Waals surface area contributed by atoms with E-state index in [1.165, 1.54) is 13.2 Å². The smallest absolute Gasteiger partial charge is 0.303 e. The normalized spacial score (nSPS) is 10.1. The lowest BCUT2D eigenvalue weighted by Gasteiger charge is -2.07. The van der Waals surface area contributed by atoms with Crippen molar-refractivity contribution < 1.29 is 19.0 Å². The Hall–Kier alpha value is -1.10. The molecule has 0 unspecified atom stereocenters. The molecular weight excluding hydrogens is 267 g/mol. The van der Waals surface area contributed by atoms with Crippen molar-refractivity contribution in [2.24, 2.45) is 0 Å². The molecule has 0 saturated heterocycles. The largest absolute Gasteiger partial charge is 0.495 e. The number of hydrogen-bond donors (Lipinski definition) is 1. The van der Waals surface area contributed by atoms with Crippen LogP contribution in [0.3, 0.4) is 0 Å². The van der Waals surface area contributed by atoms with Gasteiger partial charge in [-0.05, 0) is 40.0 Å². The van der Waals surface area contributed by atoms with Crippen LogP contribution >= 0.6 is 15.9 Å². The summed E-state index contributed by atoms with van der Waals surface area (Å²) in [5.74, 6) is -0.984. The van der Waals surface area contributed by atoms with Crippen LogP contribution in [0.4, 0.5) is 4.39 Å². The van der Waals surface area contributed by atoms with Crippen LogP contribution < -0.4 is 4.74 Å². The number of rotatable bonds is 4. The van der Waals surface area contributed by atoms with Gasteiger partial charge in [-0.25, -0.2) is 4.39 Å². The molecule has 0 aliphatic rings. The van der Waals surface area contributed by atoms with E-state index in [0.717, 1.165) is 0 Å². The number of carboxylic acid groups (broad SMARTS) is 1. The SMILES string of the molecule is COc1cc(CCC(=O)O)cc(F)c1Br.